The van der Waals surface area contributed by atoms with Gasteiger partial charge in [0, 0.05) is 28.5 Å². The molecule has 42 heavy (non-hydrogen) atoms. The van der Waals surface area contributed by atoms with Gasteiger partial charge in [-0.05, 0) is 60.7 Å². The minimum atomic E-state index is -3.86. The van der Waals surface area contributed by atoms with Gasteiger partial charge in [0.15, 0.2) is 0 Å². The molecule has 0 spiro atoms. The molecule has 4 rings (SSSR count). The first-order chi connectivity index (χ1) is 20.0. The van der Waals surface area contributed by atoms with Gasteiger partial charge in [0.25, 0.3) is 0 Å². The fourth-order valence-corrected chi connectivity index (χ4v) is 6.74. The molecule has 0 aliphatic heterocycles. The SMILES string of the molecule is Cc1ccc(N(CC(=O)N(Cc2cccc(Br)c2)[C@H](Cc2ccccc2)C(=O)NC2CCCCC2)S(C)(=O)=O)cc1Cl. The average molecular weight is 675 g/mol. The first kappa shape index (κ1) is 32.0. The van der Waals surface area contributed by atoms with Crippen LogP contribution >= 0.6 is 27.5 Å². The molecule has 3 aromatic rings. The van der Waals surface area contributed by atoms with Gasteiger partial charge in [0.05, 0.1) is 11.9 Å². The summed E-state index contributed by atoms with van der Waals surface area (Å²) in [7, 11) is -3.86. The molecule has 1 N–H and O–H groups in total. The minimum absolute atomic E-state index is 0.0505. The van der Waals surface area contributed by atoms with Crippen molar-refractivity contribution in [2.75, 3.05) is 17.1 Å². The highest BCUT2D eigenvalue weighted by Gasteiger charge is 2.34. The number of benzene rings is 3. The van der Waals surface area contributed by atoms with E-state index in [1.165, 1.54) is 4.90 Å². The lowest BCUT2D eigenvalue weighted by Gasteiger charge is -2.35. The quantitative estimate of drug-likeness (QED) is 0.260. The topological polar surface area (TPSA) is 86.8 Å². The van der Waals surface area contributed by atoms with Gasteiger partial charge < -0.3 is 10.2 Å². The molecule has 7 nitrogen and oxygen atoms in total. The molecule has 1 fully saturated rings. The third kappa shape index (κ3) is 8.82. The number of nitrogens with zero attached hydrogens (tertiary/aromatic N) is 2. The number of hydrogen-bond donors (Lipinski definition) is 1. The highest BCUT2D eigenvalue weighted by atomic mass is 79.9. The summed E-state index contributed by atoms with van der Waals surface area (Å²) in [6.07, 6.45) is 6.41. The van der Waals surface area contributed by atoms with Crippen LogP contribution in [0, 0.1) is 6.92 Å². The zero-order chi connectivity index (χ0) is 30.3. The third-order valence-corrected chi connectivity index (χ3v) is 9.63. The molecule has 1 aliphatic carbocycles. The standard InChI is InChI=1S/C32H37BrClN3O4S/c1-23-16-17-28(20-29(23)34)37(42(2,40)41)22-31(38)36(21-25-12-9-13-26(33)18-25)30(19-24-10-5-3-6-11-24)32(39)35-27-14-7-4-8-15-27/h3,5-6,9-13,16-18,20,27,30H,4,7-8,14-15,19,21-22H2,1-2H3,(H,35,39)/t30-/m1/s1. The molecule has 0 heterocycles. The summed E-state index contributed by atoms with van der Waals surface area (Å²) >= 11 is 9.83. The maximum Gasteiger partial charge on any atom is 0.244 e. The summed E-state index contributed by atoms with van der Waals surface area (Å²) in [5.74, 6) is -0.727. The fraction of sp³-hybridized carbons (Fsp3) is 0.375. The summed E-state index contributed by atoms with van der Waals surface area (Å²) in [6.45, 7) is 1.47. The fourth-order valence-electron chi connectivity index (χ4n) is 5.28. The lowest BCUT2D eigenvalue weighted by atomic mass is 9.94. The Balaban J connectivity index is 1.73. The molecule has 1 aliphatic rings. The Labute approximate surface area is 262 Å². The largest absolute Gasteiger partial charge is 0.352 e. The normalized spacial score (nSPS) is 14.7. The van der Waals surface area contributed by atoms with Gasteiger partial charge in [-0.25, -0.2) is 8.42 Å². The van der Waals surface area contributed by atoms with Crippen molar-refractivity contribution in [1.82, 2.24) is 10.2 Å². The van der Waals surface area contributed by atoms with Crippen molar-refractivity contribution in [2.45, 2.75) is 64.1 Å². The van der Waals surface area contributed by atoms with Crippen LogP contribution in [0.25, 0.3) is 0 Å². The van der Waals surface area contributed by atoms with E-state index < -0.39 is 28.5 Å². The molecule has 0 unspecified atom stereocenters. The lowest BCUT2D eigenvalue weighted by molar-refractivity contribution is -0.140. The molecular weight excluding hydrogens is 638 g/mol. The van der Waals surface area contributed by atoms with Crippen LogP contribution in [-0.2, 0) is 32.6 Å². The van der Waals surface area contributed by atoms with Crippen molar-refractivity contribution in [3.05, 3.63) is 99.0 Å². The first-order valence-corrected chi connectivity index (χ1v) is 17.2. The molecule has 0 saturated heterocycles. The number of nitrogens with one attached hydrogen (secondary N) is 1. The minimum Gasteiger partial charge on any atom is -0.352 e. The molecule has 10 heteroatoms. The van der Waals surface area contributed by atoms with Crippen LogP contribution in [0.4, 0.5) is 5.69 Å². The van der Waals surface area contributed by atoms with Gasteiger partial charge in [-0.1, -0.05) is 95.3 Å². The molecule has 1 atom stereocenters. The second-order valence-corrected chi connectivity index (χ2v) is 14.1. The second kappa shape index (κ2) is 14.5. The van der Waals surface area contributed by atoms with Crippen molar-refractivity contribution >= 4 is 55.1 Å². The predicted octanol–water partition coefficient (Wildman–Crippen LogP) is 6.27. The zero-order valence-electron chi connectivity index (χ0n) is 23.9. The number of anilines is 1. The summed E-state index contributed by atoms with van der Waals surface area (Å²) < 4.78 is 27.8. The Hall–Kier alpha value is -2.88. The van der Waals surface area contributed by atoms with Gasteiger partial charge >= 0.3 is 0 Å². The van der Waals surface area contributed by atoms with Gasteiger partial charge in [0.2, 0.25) is 21.8 Å². The summed E-state index contributed by atoms with van der Waals surface area (Å²) in [6, 6.07) is 21.2. The molecule has 1 saturated carbocycles. The van der Waals surface area contributed by atoms with Crippen LogP contribution in [0.5, 0.6) is 0 Å². The third-order valence-electron chi connectivity index (χ3n) is 7.59. The summed E-state index contributed by atoms with van der Waals surface area (Å²) in [5, 5.41) is 3.61. The zero-order valence-corrected chi connectivity index (χ0v) is 27.1. The van der Waals surface area contributed by atoms with Gasteiger partial charge in [-0.15, -0.1) is 0 Å². The van der Waals surface area contributed by atoms with Gasteiger partial charge in [-0.3, -0.25) is 13.9 Å². The Bertz CT molecular complexity index is 1500. The number of hydrogen-bond acceptors (Lipinski definition) is 4. The monoisotopic (exact) mass is 673 g/mol. The van der Waals surface area contributed by atoms with Crippen molar-refractivity contribution in [2.24, 2.45) is 0 Å². The molecule has 2 amide bonds. The number of sulfonamides is 1. The van der Waals surface area contributed by atoms with E-state index in [0.717, 1.165) is 63.8 Å². The number of amides is 2. The molecule has 3 aromatic carbocycles. The van der Waals surface area contributed by atoms with Crippen LogP contribution in [0.2, 0.25) is 5.02 Å². The number of carbonyl (C=O) groups is 2. The summed E-state index contributed by atoms with van der Waals surface area (Å²) in [4.78, 5) is 29.7. The Kier molecular flexibility index (Phi) is 11.1. The van der Waals surface area contributed by atoms with Crippen LogP contribution in [-0.4, -0.2) is 50.0 Å². The Morgan fingerprint density at radius 2 is 1.67 bits per heavy atom. The van der Waals surface area contributed by atoms with E-state index in [0.29, 0.717) is 5.02 Å². The number of halogens is 2. The average Bonchev–Trinajstić information content (AvgIpc) is 2.95. The second-order valence-electron chi connectivity index (χ2n) is 10.9. The van der Waals surface area contributed by atoms with Crippen LogP contribution in [0.15, 0.2) is 77.3 Å². The van der Waals surface area contributed by atoms with Gasteiger partial charge in [-0.2, -0.15) is 0 Å². The van der Waals surface area contributed by atoms with E-state index in [4.69, 9.17) is 11.6 Å². The number of aryl methyl sites for hydroxylation is 1. The van der Waals surface area contributed by atoms with Crippen molar-refractivity contribution < 1.29 is 18.0 Å². The van der Waals surface area contributed by atoms with E-state index in [-0.39, 0.29) is 30.6 Å². The molecule has 0 radical (unpaired) electrons. The van der Waals surface area contributed by atoms with Crippen molar-refractivity contribution in [3.63, 3.8) is 0 Å². The Morgan fingerprint density at radius 1 is 0.976 bits per heavy atom. The smallest absolute Gasteiger partial charge is 0.244 e. The van der Waals surface area contributed by atoms with Crippen molar-refractivity contribution in [1.29, 1.82) is 0 Å². The van der Waals surface area contributed by atoms with E-state index >= 15 is 0 Å². The maximum atomic E-state index is 14.2. The van der Waals surface area contributed by atoms with Crippen LogP contribution in [0.3, 0.4) is 0 Å². The summed E-state index contributed by atoms with van der Waals surface area (Å²) in [5.41, 5.74) is 2.79. The number of rotatable bonds is 11. The number of carbonyl (C=O) groups excluding carboxylic acids is 2. The molecule has 224 valence electrons. The van der Waals surface area contributed by atoms with Crippen molar-refractivity contribution in [3.8, 4) is 0 Å². The van der Waals surface area contributed by atoms with Crippen LogP contribution < -0.4 is 9.62 Å². The van der Waals surface area contributed by atoms with E-state index in [2.05, 4.69) is 21.2 Å². The highest BCUT2D eigenvalue weighted by Crippen LogP contribution is 2.26. The molecule has 0 aromatic heterocycles. The highest BCUT2D eigenvalue weighted by molar-refractivity contribution is 9.10. The maximum absolute atomic E-state index is 14.2. The first-order valence-electron chi connectivity index (χ1n) is 14.1. The predicted molar refractivity (Wildman–Crippen MR) is 172 cm³/mol. The van der Waals surface area contributed by atoms with E-state index in [1.807, 2.05) is 61.5 Å². The molecule has 0 bridgehead atoms. The van der Waals surface area contributed by atoms with Gasteiger partial charge in [0.1, 0.15) is 12.6 Å². The van der Waals surface area contributed by atoms with E-state index in [1.54, 1.807) is 18.2 Å². The lowest BCUT2D eigenvalue weighted by Crippen LogP contribution is -2.55. The Morgan fingerprint density at radius 3 is 2.31 bits per heavy atom. The van der Waals surface area contributed by atoms with E-state index in [9.17, 15) is 18.0 Å². The molecular formula is C32H37BrClN3O4S. The van der Waals surface area contributed by atoms with Crippen LogP contribution in [0.1, 0.15) is 48.8 Å².